The topological polar surface area (TPSA) is 44.1 Å². The number of ether oxygens (including phenoxy) is 1. The second-order valence-electron chi connectivity index (χ2n) is 5.12. The number of hydrogen-bond donors (Lipinski definition) is 0. The van der Waals surface area contributed by atoms with Crippen molar-refractivity contribution < 1.29 is 9.53 Å². The summed E-state index contributed by atoms with van der Waals surface area (Å²) in [6.07, 6.45) is 1.19. The zero-order chi connectivity index (χ0) is 13.7. The van der Waals surface area contributed by atoms with E-state index in [2.05, 4.69) is 18.9 Å². The van der Waals surface area contributed by atoms with E-state index >= 15 is 0 Å². The molecule has 18 heavy (non-hydrogen) atoms. The monoisotopic (exact) mass is 252 g/mol. The lowest BCUT2D eigenvalue weighted by Gasteiger charge is -2.08. The number of hydrogen-bond acceptors (Lipinski definition) is 3. The molecule has 0 saturated carbocycles. The van der Waals surface area contributed by atoms with Crippen LogP contribution in [0.2, 0.25) is 0 Å². The molecule has 102 valence electrons. The van der Waals surface area contributed by atoms with Crippen LogP contribution in [0.4, 0.5) is 0 Å². The van der Waals surface area contributed by atoms with Gasteiger partial charge in [0.2, 0.25) is 0 Å². The maximum Gasteiger partial charge on any atom is 0.310 e. The highest BCUT2D eigenvalue weighted by atomic mass is 16.5. The first-order chi connectivity index (χ1) is 8.45. The zero-order valence-corrected chi connectivity index (χ0v) is 12.1. The van der Waals surface area contributed by atoms with Gasteiger partial charge in [0.15, 0.2) is 0 Å². The second-order valence-corrected chi connectivity index (χ2v) is 5.12. The Kier molecular flexibility index (Phi) is 5.38. The first-order valence-corrected chi connectivity index (χ1v) is 6.64. The van der Waals surface area contributed by atoms with Gasteiger partial charge in [-0.1, -0.05) is 20.8 Å². The Morgan fingerprint density at radius 3 is 2.61 bits per heavy atom. The van der Waals surface area contributed by atoms with E-state index in [4.69, 9.17) is 4.74 Å². The van der Waals surface area contributed by atoms with Crippen LogP contribution in [0.15, 0.2) is 0 Å². The lowest BCUT2D eigenvalue weighted by Crippen LogP contribution is -2.11. The standard InChI is InChI=1S/C14H24N2O2/c1-6-7-18-14(17)8-13-11(4)15-16(12(13)5)9-10(2)3/h10H,6-9H2,1-5H3. The third-order valence-electron chi connectivity index (χ3n) is 2.86. The highest BCUT2D eigenvalue weighted by Crippen LogP contribution is 2.15. The minimum Gasteiger partial charge on any atom is -0.465 e. The van der Waals surface area contributed by atoms with Crippen LogP contribution in [-0.4, -0.2) is 22.4 Å². The summed E-state index contributed by atoms with van der Waals surface area (Å²) in [5.74, 6) is 0.384. The van der Waals surface area contributed by atoms with Gasteiger partial charge in [-0.15, -0.1) is 0 Å². The van der Waals surface area contributed by atoms with E-state index in [9.17, 15) is 4.79 Å². The van der Waals surface area contributed by atoms with Crippen molar-refractivity contribution in [2.24, 2.45) is 5.92 Å². The molecule has 1 heterocycles. The fourth-order valence-electron chi connectivity index (χ4n) is 1.92. The van der Waals surface area contributed by atoms with Crippen molar-refractivity contribution in [1.29, 1.82) is 0 Å². The number of carbonyl (C=O) groups is 1. The van der Waals surface area contributed by atoms with Gasteiger partial charge in [-0.3, -0.25) is 9.48 Å². The second kappa shape index (κ2) is 6.57. The summed E-state index contributed by atoms with van der Waals surface area (Å²) >= 11 is 0. The Labute approximate surface area is 109 Å². The van der Waals surface area contributed by atoms with Gasteiger partial charge >= 0.3 is 5.97 Å². The fraction of sp³-hybridized carbons (Fsp3) is 0.714. The largest absolute Gasteiger partial charge is 0.465 e. The highest BCUT2D eigenvalue weighted by molar-refractivity contribution is 5.73. The number of esters is 1. The van der Waals surface area contributed by atoms with Crippen LogP contribution in [0.5, 0.6) is 0 Å². The Bertz CT molecular complexity index is 408. The Hall–Kier alpha value is -1.32. The molecule has 4 heteroatoms. The quantitative estimate of drug-likeness (QED) is 0.731. The molecule has 0 N–H and O–H groups in total. The predicted octanol–water partition coefficient (Wildman–Crippen LogP) is 2.65. The van der Waals surface area contributed by atoms with Gasteiger partial charge in [0, 0.05) is 17.8 Å². The van der Waals surface area contributed by atoms with Gasteiger partial charge in [-0.2, -0.15) is 5.10 Å². The van der Waals surface area contributed by atoms with Crippen LogP contribution in [0, 0.1) is 19.8 Å². The molecule has 0 aliphatic rings. The number of nitrogens with zero attached hydrogens (tertiary/aromatic N) is 2. The van der Waals surface area contributed by atoms with E-state index in [0.29, 0.717) is 18.9 Å². The van der Waals surface area contributed by atoms with E-state index in [1.54, 1.807) is 0 Å². The lowest BCUT2D eigenvalue weighted by atomic mass is 10.1. The normalized spacial score (nSPS) is 11.0. The van der Waals surface area contributed by atoms with E-state index in [-0.39, 0.29) is 5.97 Å². The minimum atomic E-state index is -0.160. The van der Waals surface area contributed by atoms with Gasteiger partial charge in [-0.05, 0) is 26.2 Å². The summed E-state index contributed by atoms with van der Waals surface area (Å²) in [7, 11) is 0. The Morgan fingerprint density at radius 1 is 1.39 bits per heavy atom. The molecule has 0 saturated heterocycles. The van der Waals surface area contributed by atoms with Gasteiger partial charge < -0.3 is 4.74 Å². The molecule has 0 aromatic carbocycles. The first kappa shape index (κ1) is 14.7. The van der Waals surface area contributed by atoms with Crippen LogP contribution in [0.3, 0.4) is 0 Å². The SMILES string of the molecule is CCCOC(=O)Cc1c(C)nn(CC(C)C)c1C. The molecular formula is C14H24N2O2. The smallest absolute Gasteiger partial charge is 0.310 e. The molecule has 0 spiro atoms. The number of rotatable bonds is 6. The summed E-state index contributed by atoms with van der Waals surface area (Å²) < 4.78 is 7.11. The summed E-state index contributed by atoms with van der Waals surface area (Å²) in [5, 5.41) is 4.49. The first-order valence-electron chi connectivity index (χ1n) is 6.64. The molecule has 1 rings (SSSR count). The van der Waals surface area contributed by atoms with Gasteiger partial charge in [0.25, 0.3) is 0 Å². The molecule has 0 fully saturated rings. The van der Waals surface area contributed by atoms with E-state index in [0.717, 1.165) is 29.9 Å². The molecule has 0 amide bonds. The predicted molar refractivity (Wildman–Crippen MR) is 71.5 cm³/mol. The number of aryl methyl sites for hydroxylation is 1. The van der Waals surface area contributed by atoms with Crippen LogP contribution in [-0.2, 0) is 22.5 Å². The minimum absolute atomic E-state index is 0.160. The maximum atomic E-state index is 11.6. The molecule has 4 nitrogen and oxygen atoms in total. The van der Waals surface area contributed by atoms with Crippen molar-refractivity contribution in [3.05, 3.63) is 17.0 Å². The average molecular weight is 252 g/mol. The Balaban J connectivity index is 2.76. The third-order valence-corrected chi connectivity index (χ3v) is 2.86. The van der Waals surface area contributed by atoms with Crippen LogP contribution >= 0.6 is 0 Å². The molecule has 0 aliphatic carbocycles. The molecule has 0 unspecified atom stereocenters. The van der Waals surface area contributed by atoms with E-state index in [1.807, 2.05) is 25.5 Å². The van der Waals surface area contributed by atoms with E-state index < -0.39 is 0 Å². The molecule has 0 atom stereocenters. The molecular weight excluding hydrogens is 228 g/mol. The van der Waals surface area contributed by atoms with Crippen molar-refractivity contribution in [1.82, 2.24) is 9.78 Å². The van der Waals surface area contributed by atoms with E-state index in [1.165, 1.54) is 0 Å². The van der Waals surface area contributed by atoms with Crippen molar-refractivity contribution in [2.75, 3.05) is 6.61 Å². The molecule has 0 bridgehead atoms. The number of aromatic nitrogens is 2. The Morgan fingerprint density at radius 2 is 2.06 bits per heavy atom. The molecule has 0 aliphatic heterocycles. The molecule has 0 radical (unpaired) electrons. The van der Waals surface area contributed by atoms with Gasteiger partial charge in [-0.25, -0.2) is 0 Å². The summed E-state index contributed by atoms with van der Waals surface area (Å²) in [6, 6.07) is 0. The molecule has 1 aromatic rings. The van der Waals surface area contributed by atoms with Crippen LogP contribution in [0.1, 0.15) is 44.1 Å². The third kappa shape index (κ3) is 3.86. The van der Waals surface area contributed by atoms with Gasteiger partial charge in [0.1, 0.15) is 0 Å². The summed E-state index contributed by atoms with van der Waals surface area (Å²) in [4.78, 5) is 11.6. The van der Waals surface area contributed by atoms with Crippen molar-refractivity contribution in [3.63, 3.8) is 0 Å². The maximum absolute atomic E-state index is 11.6. The van der Waals surface area contributed by atoms with Crippen molar-refractivity contribution in [2.45, 2.75) is 54.0 Å². The number of carbonyl (C=O) groups excluding carboxylic acids is 1. The molecule has 1 aromatic heterocycles. The van der Waals surface area contributed by atoms with Crippen LogP contribution < -0.4 is 0 Å². The van der Waals surface area contributed by atoms with Crippen molar-refractivity contribution >= 4 is 5.97 Å². The average Bonchev–Trinajstić information content (AvgIpc) is 2.53. The lowest BCUT2D eigenvalue weighted by molar-refractivity contribution is -0.142. The van der Waals surface area contributed by atoms with Gasteiger partial charge in [0.05, 0.1) is 18.7 Å². The van der Waals surface area contributed by atoms with Crippen molar-refractivity contribution in [3.8, 4) is 0 Å². The summed E-state index contributed by atoms with van der Waals surface area (Å²) in [5.41, 5.74) is 3.02. The zero-order valence-electron chi connectivity index (χ0n) is 12.1. The van der Waals surface area contributed by atoms with Crippen LogP contribution in [0.25, 0.3) is 0 Å². The summed E-state index contributed by atoms with van der Waals surface area (Å²) in [6.45, 7) is 11.7. The highest BCUT2D eigenvalue weighted by Gasteiger charge is 2.16. The fourth-order valence-corrected chi connectivity index (χ4v) is 1.92.